The lowest BCUT2D eigenvalue weighted by molar-refractivity contribution is 0.0745. The molecule has 0 saturated carbocycles. The van der Waals surface area contributed by atoms with Gasteiger partial charge in [0.1, 0.15) is 0 Å². The molecule has 3 heterocycles. The third kappa shape index (κ3) is 4.27. The van der Waals surface area contributed by atoms with Gasteiger partial charge in [0.2, 0.25) is 5.95 Å². The normalized spacial score (nSPS) is 14.2. The van der Waals surface area contributed by atoms with Gasteiger partial charge < -0.3 is 9.80 Å². The van der Waals surface area contributed by atoms with Crippen molar-refractivity contribution in [2.45, 2.75) is 19.8 Å². The number of aromatic nitrogens is 4. The largest absolute Gasteiger partial charge is 0.337 e. The van der Waals surface area contributed by atoms with Gasteiger partial charge in [-0.2, -0.15) is 5.10 Å². The third-order valence-corrected chi connectivity index (χ3v) is 5.52. The second-order valence-electron chi connectivity index (χ2n) is 7.12. The fraction of sp³-hybridized carbons (Fsp3) is 0.333. The highest BCUT2D eigenvalue weighted by Crippen LogP contribution is 2.25. The van der Waals surface area contributed by atoms with Crippen LogP contribution in [0.3, 0.4) is 0 Å². The fourth-order valence-corrected chi connectivity index (χ4v) is 4.16. The van der Waals surface area contributed by atoms with Crippen molar-refractivity contribution in [1.82, 2.24) is 24.6 Å². The van der Waals surface area contributed by atoms with Gasteiger partial charge in [-0.05, 0) is 30.7 Å². The number of carbonyl (C=O) groups is 1. The Bertz CT molecular complexity index is 1010. The molecular weight excluding hydrogens is 423 g/mol. The zero-order chi connectivity index (χ0) is 21.1. The average molecular weight is 445 g/mol. The Morgan fingerprint density at radius 1 is 1.03 bits per heavy atom. The van der Waals surface area contributed by atoms with Crippen molar-refractivity contribution in [3.8, 4) is 5.69 Å². The van der Waals surface area contributed by atoms with Gasteiger partial charge in [-0.25, -0.2) is 14.6 Å². The molecule has 1 amide bonds. The van der Waals surface area contributed by atoms with E-state index in [-0.39, 0.29) is 5.91 Å². The molecule has 1 saturated heterocycles. The van der Waals surface area contributed by atoms with Gasteiger partial charge in [0, 0.05) is 48.6 Å². The molecule has 1 fully saturated rings. The van der Waals surface area contributed by atoms with Crippen molar-refractivity contribution in [2.75, 3.05) is 31.1 Å². The molecule has 1 aromatic carbocycles. The summed E-state index contributed by atoms with van der Waals surface area (Å²) in [6.45, 7) is 4.68. The van der Waals surface area contributed by atoms with E-state index >= 15 is 0 Å². The lowest BCUT2D eigenvalue weighted by atomic mass is 10.1. The highest BCUT2D eigenvalue weighted by molar-refractivity contribution is 6.34. The molecule has 9 heteroatoms. The molecule has 3 aromatic rings. The van der Waals surface area contributed by atoms with E-state index in [4.69, 9.17) is 23.2 Å². The van der Waals surface area contributed by atoms with Crippen molar-refractivity contribution in [3.05, 3.63) is 64.2 Å². The van der Waals surface area contributed by atoms with Crippen LogP contribution in [0, 0.1) is 0 Å². The van der Waals surface area contributed by atoms with Crippen molar-refractivity contribution in [1.29, 1.82) is 0 Å². The molecule has 0 bridgehead atoms. The third-order valence-electron chi connectivity index (χ3n) is 5.08. The van der Waals surface area contributed by atoms with E-state index in [1.165, 1.54) is 0 Å². The minimum atomic E-state index is -0.00791. The molecule has 0 unspecified atom stereocenters. The van der Waals surface area contributed by atoms with Gasteiger partial charge in [-0.3, -0.25) is 4.79 Å². The number of hydrogen-bond acceptors (Lipinski definition) is 5. The molecule has 7 nitrogen and oxygen atoms in total. The molecule has 1 aliphatic heterocycles. The summed E-state index contributed by atoms with van der Waals surface area (Å²) in [6.07, 6.45) is 6.72. The first-order valence-electron chi connectivity index (χ1n) is 9.91. The molecule has 4 rings (SSSR count). The summed E-state index contributed by atoms with van der Waals surface area (Å²) in [7, 11) is 0. The summed E-state index contributed by atoms with van der Waals surface area (Å²) in [4.78, 5) is 25.8. The maximum absolute atomic E-state index is 13.3. The number of rotatable bonds is 5. The molecule has 1 aliphatic rings. The van der Waals surface area contributed by atoms with E-state index in [2.05, 4.69) is 26.9 Å². The SMILES string of the molecule is CCCc1c(C(=O)N2CCN(c3ncccn3)CC2)cnn1-c1cc(Cl)cc(Cl)c1. The van der Waals surface area contributed by atoms with E-state index in [9.17, 15) is 4.79 Å². The summed E-state index contributed by atoms with van der Waals surface area (Å²) in [5, 5.41) is 5.55. The number of amides is 1. The van der Waals surface area contributed by atoms with Gasteiger partial charge >= 0.3 is 0 Å². The van der Waals surface area contributed by atoms with E-state index in [0.717, 1.165) is 24.2 Å². The lowest BCUT2D eigenvalue weighted by Gasteiger charge is -2.34. The first kappa shape index (κ1) is 20.6. The number of piperazine rings is 1. The highest BCUT2D eigenvalue weighted by Gasteiger charge is 2.27. The number of benzene rings is 1. The molecular formula is C21H22Cl2N6O. The van der Waals surface area contributed by atoms with Crippen LogP contribution < -0.4 is 4.90 Å². The minimum Gasteiger partial charge on any atom is -0.337 e. The number of hydrogen-bond donors (Lipinski definition) is 0. The Balaban J connectivity index is 1.55. The Kier molecular flexibility index (Phi) is 6.20. The number of carbonyl (C=O) groups excluding carboxylic acids is 1. The predicted molar refractivity (Wildman–Crippen MR) is 118 cm³/mol. The van der Waals surface area contributed by atoms with Crippen molar-refractivity contribution >= 4 is 35.1 Å². The Hall–Kier alpha value is -2.64. The fourth-order valence-electron chi connectivity index (χ4n) is 3.65. The van der Waals surface area contributed by atoms with Crippen LogP contribution in [0.1, 0.15) is 29.4 Å². The van der Waals surface area contributed by atoms with Gasteiger partial charge in [0.15, 0.2) is 0 Å². The lowest BCUT2D eigenvalue weighted by Crippen LogP contribution is -2.49. The minimum absolute atomic E-state index is 0.00791. The average Bonchev–Trinajstić information content (AvgIpc) is 3.17. The maximum atomic E-state index is 13.3. The molecule has 0 aliphatic carbocycles. The first-order valence-corrected chi connectivity index (χ1v) is 10.7. The summed E-state index contributed by atoms with van der Waals surface area (Å²) in [6, 6.07) is 7.07. The van der Waals surface area contributed by atoms with E-state index in [0.29, 0.717) is 47.7 Å². The van der Waals surface area contributed by atoms with Gasteiger partial charge in [-0.15, -0.1) is 0 Å². The zero-order valence-electron chi connectivity index (χ0n) is 16.6. The van der Waals surface area contributed by atoms with Crippen molar-refractivity contribution in [2.24, 2.45) is 0 Å². The van der Waals surface area contributed by atoms with E-state index in [1.807, 2.05) is 4.90 Å². The molecule has 2 aromatic heterocycles. The monoisotopic (exact) mass is 444 g/mol. The smallest absolute Gasteiger partial charge is 0.257 e. The zero-order valence-corrected chi connectivity index (χ0v) is 18.1. The summed E-state index contributed by atoms with van der Waals surface area (Å²) >= 11 is 12.3. The second-order valence-corrected chi connectivity index (χ2v) is 8.00. The van der Waals surface area contributed by atoms with Crippen molar-refractivity contribution in [3.63, 3.8) is 0 Å². The van der Waals surface area contributed by atoms with Gasteiger partial charge in [-0.1, -0.05) is 36.5 Å². The second kappa shape index (κ2) is 9.02. The van der Waals surface area contributed by atoms with Crippen LogP contribution in [-0.4, -0.2) is 56.7 Å². The molecule has 30 heavy (non-hydrogen) atoms. The molecule has 0 N–H and O–H groups in total. The molecule has 156 valence electrons. The predicted octanol–water partition coefficient (Wildman–Crippen LogP) is 3.88. The summed E-state index contributed by atoms with van der Waals surface area (Å²) in [5.41, 5.74) is 2.24. The Morgan fingerprint density at radius 2 is 1.70 bits per heavy atom. The van der Waals surface area contributed by atoms with E-state index in [1.54, 1.807) is 47.5 Å². The molecule has 0 radical (unpaired) electrons. The van der Waals surface area contributed by atoms with Crippen LogP contribution >= 0.6 is 23.2 Å². The van der Waals surface area contributed by atoms with Crippen LogP contribution in [0.25, 0.3) is 5.69 Å². The van der Waals surface area contributed by atoms with Crippen LogP contribution in [0.5, 0.6) is 0 Å². The van der Waals surface area contributed by atoms with Crippen LogP contribution in [0.15, 0.2) is 42.9 Å². The van der Waals surface area contributed by atoms with Gasteiger partial charge in [0.25, 0.3) is 5.91 Å². The van der Waals surface area contributed by atoms with Gasteiger partial charge in [0.05, 0.1) is 23.1 Å². The Labute approximate surface area is 185 Å². The molecule has 0 atom stereocenters. The highest BCUT2D eigenvalue weighted by atomic mass is 35.5. The first-order chi connectivity index (χ1) is 14.6. The number of halogens is 2. The quantitative estimate of drug-likeness (QED) is 0.596. The van der Waals surface area contributed by atoms with Crippen molar-refractivity contribution < 1.29 is 4.79 Å². The number of anilines is 1. The maximum Gasteiger partial charge on any atom is 0.257 e. The standard InChI is InChI=1S/C21H22Cl2N6O/c1-2-4-19-18(14-26-29(19)17-12-15(22)11-16(23)13-17)20(30)27-7-9-28(10-8-27)21-24-5-3-6-25-21/h3,5-6,11-14H,2,4,7-10H2,1H3. The summed E-state index contributed by atoms with van der Waals surface area (Å²) in [5.74, 6) is 0.688. The van der Waals surface area contributed by atoms with E-state index < -0.39 is 0 Å². The topological polar surface area (TPSA) is 67.2 Å². The van der Waals surface area contributed by atoms with Crippen LogP contribution in [-0.2, 0) is 6.42 Å². The van der Waals surface area contributed by atoms with Crippen LogP contribution in [0.4, 0.5) is 5.95 Å². The number of nitrogens with zero attached hydrogens (tertiary/aromatic N) is 6. The Morgan fingerprint density at radius 3 is 2.33 bits per heavy atom. The molecule has 0 spiro atoms. The summed E-state index contributed by atoms with van der Waals surface area (Å²) < 4.78 is 1.77. The van der Waals surface area contributed by atoms with Crippen LogP contribution in [0.2, 0.25) is 10.0 Å².